The van der Waals surface area contributed by atoms with E-state index >= 15 is 0 Å². The topological polar surface area (TPSA) is 116 Å². The molecule has 146 valence electrons. The van der Waals surface area contributed by atoms with E-state index in [-0.39, 0.29) is 12.3 Å². The third-order valence-electron chi connectivity index (χ3n) is 4.16. The van der Waals surface area contributed by atoms with E-state index < -0.39 is 16.9 Å². The third kappa shape index (κ3) is 3.93. The summed E-state index contributed by atoms with van der Waals surface area (Å²) in [7, 11) is 0. The fourth-order valence-corrected chi connectivity index (χ4v) is 2.79. The highest BCUT2D eigenvalue weighted by atomic mass is 16.6. The van der Waals surface area contributed by atoms with Crippen molar-refractivity contribution < 1.29 is 23.6 Å². The second-order valence-corrected chi connectivity index (χ2v) is 6.07. The molecule has 0 saturated carbocycles. The molecule has 1 aliphatic heterocycles. The molecule has 1 atom stereocenters. The van der Waals surface area contributed by atoms with E-state index in [2.05, 4.69) is 10.5 Å². The quantitative estimate of drug-likeness (QED) is 0.404. The fourth-order valence-electron chi connectivity index (χ4n) is 2.79. The number of nitrogens with one attached hydrogen (secondary N) is 1. The minimum Gasteiger partial charge on any atom is -0.485 e. The molecule has 9 nitrogen and oxygen atoms in total. The Labute approximate surface area is 164 Å². The van der Waals surface area contributed by atoms with Gasteiger partial charge in [-0.2, -0.15) is 5.10 Å². The van der Waals surface area contributed by atoms with E-state index in [0.29, 0.717) is 28.6 Å². The number of carbonyl (C=O) groups excluding carboxylic acids is 1. The Hall–Kier alpha value is -4.14. The Balaban J connectivity index is 1.40. The van der Waals surface area contributed by atoms with E-state index in [1.807, 2.05) is 6.07 Å². The highest BCUT2D eigenvalue weighted by molar-refractivity contribution is 5.84. The number of ether oxygens (including phenoxy) is 2. The zero-order valence-electron chi connectivity index (χ0n) is 15.0. The zero-order valence-corrected chi connectivity index (χ0v) is 15.0. The van der Waals surface area contributed by atoms with Crippen molar-refractivity contribution in [3.63, 3.8) is 0 Å². The fraction of sp³-hybridized carbons (Fsp3) is 0.100. The van der Waals surface area contributed by atoms with Crippen LogP contribution in [0, 0.1) is 10.1 Å². The Morgan fingerprint density at radius 3 is 2.69 bits per heavy atom. The number of carbonyl (C=O) groups is 1. The van der Waals surface area contributed by atoms with E-state index in [1.165, 1.54) is 12.3 Å². The number of fused-ring (bicyclic) bond motifs is 1. The maximum absolute atomic E-state index is 12.2. The first-order chi connectivity index (χ1) is 14.1. The molecule has 1 aliphatic rings. The number of para-hydroxylation sites is 3. The predicted molar refractivity (Wildman–Crippen MR) is 103 cm³/mol. The van der Waals surface area contributed by atoms with Crippen LogP contribution in [-0.4, -0.2) is 29.8 Å². The SMILES string of the molecule is O=C(N/N=C/c1ccc(-c2ccccc2[N+](=O)[O-])o1)C1COc2ccccc2O1. The average Bonchev–Trinajstić information content (AvgIpc) is 3.22. The summed E-state index contributed by atoms with van der Waals surface area (Å²) >= 11 is 0. The lowest BCUT2D eigenvalue weighted by molar-refractivity contribution is -0.384. The summed E-state index contributed by atoms with van der Waals surface area (Å²) in [6.45, 7) is 0.0704. The number of hydrogen-bond donors (Lipinski definition) is 1. The van der Waals surface area contributed by atoms with E-state index in [0.717, 1.165) is 0 Å². The van der Waals surface area contributed by atoms with Crippen LogP contribution in [0.1, 0.15) is 5.76 Å². The molecule has 0 fully saturated rings. The van der Waals surface area contributed by atoms with Gasteiger partial charge in [0, 0.05) is 6.07 Å². The molecule has 0 spiro atoms. The first-order valence-corrected chi connectivity index (χ1v) is 8.67. The zero-order chi connectivity index (χ0) is 20.2. The van der Waals surface area contributed by atoms with Crippen LogP contribution in [0.4, 0.5) is 5.69 Å². The minimum atomic E-state index is -0.832. The van der Waals surface area contributed by atoms with Crippen molar-refractivity contribution >= 4 is 17.8 Å². The molecule has 1 unspecified atom stereocenters. The van der Waals surface area contributed by atoms with E-state index in [9.17, 15) is 14.9 Å². The molecule has 1 aromatic heterocycles. The Morgan fingerprint density at radius 1 is 1.10 bits per heavy atom. The number of rotatable bonds is 5. The lowest BCUT2D eigenvalue weighted by Gasteiger charge is -2.24. The molecule has 1 amide bonds. The summed E-state index contributed by atoms with van der Waals surface area (Å²) < 4.78 is 16.7. The van der Waals surface area contributed by atoms with Gasteiger partial charge in [0.2, 0.25) is 6.10 Å². The second-order valence-electron chi connectivity index (χ2n) is 6.07. The first-order valence-electron chi connectivity index (χ1n) is 8.67. The number of hydrazone groups is 1. The maximum Gasteiger partial charge on any atom is 0.284 e. The van der Waals surface area contributed by atoms with E-state index in [1.54, 1.807) is 48.5 Å². The predicted octanol–water partition coefficient (Wildman–Crippen LogP) is 3.14. The van der Waals surface area contributed by atoms with Gasteiger partial charge >= 0.3 is 0 Å². The number of nitro groups is 1. The smallest absolute Gasteiger partial charge is 0.284 e. The molecule has 4 rings (SSSR count). The molecule has 2 aromatic carbocycles. The van der Waals surface area contributed by atoms with Crippen LogP contribution in [0.2, 0.25) is 0 Å². The normalized spacial score (nSPS) is 15.2. The van der Waals surface area contributed by atoms with Gasteiger partial charge in [0.25, 0.3) is 11.6 Å². The van der Waals surface area contributed by atoms with Crippen molar-refractivity contribution in [3.8, 4) is 22.8 Å². The van der Waals surface area contributed by atoms with Crippen molar-refractivity contribution in [2.75, 3.05) is 6.61 Å². The number of hydrogen-bond acceptors (Lipinski definition) is 7. The van der Waals surface area contributed by atoms with Gasteiger partial charge in [0.15, 0.2) is 11.5 Å². The van der Waals surface area contributed by atoms with Gasteiger partial charge in [0.05, 0.1) is 16.7 Å². The minimum absolute atomic E-state index is 0.0617. The van der Waals surface area contributed by atoms with Crippen molar-refractivity contribution in [3.05, 3.63) is 76.5 Å². The molecular formula is C20H15N3O6. The number of nitrogens with zero attached hydrogens (tertiary/aromatic N) is 2. The first kappa shape index (κ1) is 18.2. The molecule has 2 heterocycles. The number of amides is 1. The third-order valence-corrected chi connectivity index (χ3v) is 4.16. The molecule has 9 heteroatoms. The lowest BCUT2D eigenvalue weighted by atomic mass is 10.1. The van der Waals surface area contributed by atoms with Crippen molar-refractivity contribution in [2.45, 2.75) is 6.10 Å². The summed E-state index contributed by atoms with van der Waals surface area (Å²) in [5.41, 5.74) is 2.66. The molecule has 29 heavy (non-hydrogen) atoms. The number of benzene rings is 2. The molecular weight excluding hydrogens is 378 g/mol. The Morgan fingerprint density at radius 2 is 1.86 bits per heavy atom. The van der Waals surface area contributed by atoms with Crippen LogP contribution in [0.3, 0.4) is 0 Å². The van der Waals surface area contributed by atoms with Crippen LogP contribution in [0.5, 0.6) is 11.5 Å². The van der Waals surface area contributed by atoms with Gasteiger partial charge in [-0.1, -0.05) is 24.3 Å². The highest BCUT2D eigenvalue weighted by Gasteiger charge is 2.27. The lowest BCUT2D eigenvalue weighted by Crippen LogP contribution is -2.42. The second kappa shape index (κ2) is 7.85. The summed E-state index contributed by atoms with van der Waals surface area (Å²) in [6, 6.07) is 16.5. The van der Waals surface area contributed by atoms with Gasteiger partial charge < -0.3 is 13.9 Å². The van der Waals surface area contributed by atoms with Crippen LogP contribution in [-0.2, 0) is 4.79 Å². The average molecular weight is 393 g/mol. The summed E-state index contributed by atoms with van der Waals surface area (Å²) in [4.78, 5) is 22.9. The Bertz CT molecular complexity index is 1090. The molecule has 0 saturated heterocycles. The molecule has 3 aromatic rings. The van der Waals surface area contributed by atoms with Gasteiger partial charge in [-0.15, -0.1) is 0 Å². The van der Waals surface area contributed by atoms with Crippen LogP contribution in [0.25, 0.3) is 11.3 Å². The molecule has 0 radical (unpaired) electrons. The van der Waals surface area contributed by atoms with Crippen LogP contribution >= 0.6 is 0 Å². The summed E-state index contributed by atoms with van der Waals surface area (Å²) in [6.07, 6.45) is 0.467. The van der Waals surface area contributed by atoms with Crippen LogP contribution < -0.4 is 14.9 Å². The van der Waals surface area contributed by atoms with Gasteiger partial charge in [-0.3, -0.25) is 14.9 Å². The maximum atomic E-state index is 12.2. The Kier molecular flexibility index (Phi) is 4.93. The van der Waals surface area contributed by atoms with Gasteiger partial charge in [-0.25, -0.2) is 5.43 Å². The summed E-state index contributed by atoms with van der Waals surface area (Å²) in [5, 5.41) is 15.0. The van der Waals surface area contributed by atoms with Crippen LogP contribution in [0.15, 0.2) is 70.2 Å². The van der Waals surface area contributed by atoms with Gasteiger partial charge in [-0.05, 0) is 30.3 Å². The molecule has 0 bridgehead atoms. The monoisotopic (exact) mass is 393 g/mol. The molecule has 0 aliphatic carbocycles. The van der Waals surface area contributed by atoms with Gasteiger partial charge in [0.1, 0.15) is 18.1 Å². The van der Waals surface area contributed by atoms with E-state index in [4.69, 9.17) is 13.9 Å². The van der Waals surface area contributed by atoms with Crippen molar-refractivity contribution in [1.82, 2.24) is 5.43 Å². The molecule has 1 N–H and O–H groups in total. The highest BCUT2D eigenvalue weighted by Crippen LogP contribution is 2.31. The van der Waals surface area contributed by atoms with Crippen molar-refractivity contribution in [1.29, 1.82) is 0 Å². The summed E-state index contributed by atoms with van der Waals surface area (Å²) in [5.74, 6) is 1.25. The van der Waals surface area contributed by atoms with Crippen molar-refractivity contribution in [2.24, 2.45) is 5.10 Å². The number of nitro benzene ring substituents is 1. The standard InChI is InChI=1S/C20H15N3O6/c24-20(19-12-27-17-7-3-4-8-18(17)29-19)22-21-11-13-9-10-16(28-13)14-5-1-2-6-15(14)23(25)26/h1-11,19H,12H2,(H,22,24)/b21-11+. The largest absolute Gasteiger partial charge is 0.485 e. The number of furan rings is 1.